The maximum Gasteiger partial charge on any atom is 0.339 e. The number of hydrogen-bond acceptors (Lipinski definition) is 5. The van der Waals surface area contributed by atoms with Gasteiger partial charge in [0.15, 0.2) is 0 Å². The van der Waals surface area contributed by atoms with Gasteiger partial charge in [-0.1, -0.05) is 0 Å². The van der Waals surface area contributed by atoms with Crippen molar-refractivity contribution in [1.82, 2.24) is 9.62 Å². The summed E-state index contributed by atoms with van der Waals surface area (Å²) < 4.78 is 45.0. The van der Waals surface area contributed by atoms with Crippen molar-refractivity contribution in [1.29, 1.82) is 0 Å². The lowest BCUT2D eigenvalue weighted by molar-refractivity contribution is 0.0596. The van der Waals surface area contributed by atoms with Crippen molar-refractivity contribution in [2.75, 3.05) is 33.8 Å². The Morgan fingerprint density at radius 1 is 1.38 bits per heavy atom. The Morgan fingerprint density at radius 2 is 2.00 bits per heavy atom. The van der Waals surface area contributed by atoms with Gasteiger partial charge < -0.3 is 10.1 Å². The third-order valence-electron chi connectivity index (χ3n) is 4.03. The van der Waals surface area contributed by atoms with Crippen molar-refractivity contribution in [3.8, 4) is 0 Å². The van der Waals surface area contributed by atoms with E-state index < -0.39 is 21.8 Å². The molecule has 0 atom stereocenters. The number of hydrogen-bond donors (Lipinski definition) is 1. The lowest BCUT2D eigenvalue weighted by Gasteiger charge is -2.31. The van der Waals surface area contributed by atoms with Crippen LogP contribution in [0.2, 0.25) is 0 Å². The molecule has 1 aromatic carbocycles. The van der Waals surface area contributed by atoms with E-state index >= 15 is 0 Å². The molecule has 6 nitrogen and oxygen atoms in total. The Labute approximate surface area is 147 Å². The van der Waals surface area contributed by atoms with E-state index in [1.165, 1.54) is 4.31 Å². The first-order valence-corrected chi connectivity index (χ1v) is 8.86. The molecule has 9 heteroatoms. The second-order valence-electron chi connectivity index (χ2n) is 5.54. The van der Waals surface area contributed by atoms with Crippen molar-refractivity contribution in [2.45, 2.75) is 17.7 Å². The molecule has 0 saturated carbocycles. The highest BCUT2D eigenvalue weighted by molar-refractivity contribution is 7.89. The fraction of sp³-hybridized carbons (Fsp3) is 0.533. The third-order valence-corrected chi connectivity index (χ3v) is 5.97. The van der Waals surface area contributed by atoms with E-state index in [1.807, 2.05) is 7.05 Å². The second kappa shape index (κ2) is 8.75. The predicted molar refractivity (Wildman–Crippen MR) is 90.4 cm³/mol. The van der Waals surface area contributed by atoms with Gasteiger partial charge in [0.25, 0.3) is 0 Å². The Balaban J connectivity index is 0.00000288. The minimum Gasteiger partial charge on any atom is -0.465 e. The zero-order valence-electron chi connectivity index (χ0n) is 13.6. The molecular formula is C15H22ClFN2O4S. The van der Waals surface area contributed by atoms with E-state index in [1.54, 1.807) is 0 Å². The molecule has 0 amide bonds. The molecule has 0 bridgehead atoms. The number of sulfonamides is 1. The van der Waals surface area contributed by atoms with Crippen LogP contribution >= 0.6 is 12.4 Å². The van der Waals surface area contributed by atoms with Crippen LogP contribution in [0.3, 0.4) is 0 Å². The number of ether oxygens (including phenoxy) is 1. The average Bonchev–Trinajstić information content (AvgIpc) is 2.55. The first-order valence-electron chi connectivity index (χ1n) is 7.42. The number of piperidine rings is 1. The molecule has 1 aliphatic rings. The lowest BCUT2D eigenvalue weighted by atomic mass is 9.98. The van der Waals surface area contributed by atoms with Gasteiger partial charge >= 0.3 is 5.97 Å². The van der Waals surface area contributed by atoms with Gasteiger partial charge in [0.2, 0.25) is 10.0 Å². The summed E-state index contributed by atoms with van der Waals surface area (Å²) in [6.45, 7) is 1.54. The van der Waals surface area contributed by atoms with Crippen LogP contribution in [-0.2, 0) is 14.8 Å². The molecule has 0 radical (unpaired) electrons. The van der Waals surface area contributed by atoms with Gasteiger partial charge in [0.05, 0.1) is 17.6 Å². The van der Waals surface area contributed by atoms with Crippen LogP contribution in [0.25, 0.3) is 0 Å². The van der Waals surface area contributed by atoms with Crippen LogP contribution in [0.1, 0.15) is 23.2 Å². The molecular weight excluding hydrogens is 359 g/mol. The summed E-state index contributed by atoms with van der Waals surface area (Å²) in [5.41, 5.74) is -0.147. The molecule has 0 unspecified atom stereocenters. The summed E-state index contributed by atoms with van der Waals surface area (Å²) >= 11 is 0. The van der Waals surface area contributed by atoms with Crippen LogP contribution in [0.4, 0.5) is 4.39 Å². The first-order chi connectivity index (χ1) is 10.9. The molecule has 1 N–H and O–H groups in total. The number of nitrogens with zero attached hydrogens (tertiary/aromatic N) is 1. The van der Waals surface area contributed by atoms with Gasteiger partial charge in [0, 0.05) is 13.1 Å². The highest BCUT2D eigenvalue weighted by Crippen LogP contribution is 2.26. The molecule has 1 aliphatic heterocycles. The van der Waals surface area contributed by atoms with Crippen LogP contribution in [0.5, 0.6) is 0 Å². The number of carbonyl (C=O) groups excluding carboxylic acids is 1. The Kier molecular flexibility index (Phi) is 7.59. The van der Waals surface area contributed by atoms with E-state index in [0.29, 0.717) is 19.0 Å². The summed E-state index contributed by atoms with van der Waals surface area (Å²) in [5.74, 6) is -1.09. The Morgan fingerprint density at radius 3 is 2.54 bits per heavy atom. The third kappa shape index (κ3) is 4.44. The topological polar surface area (TPSA) is 75.7 Å². The first kappa shape index (κ1) is 20.8. The van der Waals surface area contributed by atoms with Crippen molar-refractivity contribution in [3.05, 3.63) is 29.6 Å². The number of benzene rings is 1. The summed E-state index contributed by atoms with van der Waals surface area (Å²) in [6, 6.07) is 3.06. The quantitative estimate of drug-likeness (QED) is 0.786. The number of carbonyl (C=O) groups is 1. The van der Waals surface area contributed by atoms with Crippen molar-refractivity contribution >= 4 is 28.4 Å². The molecule has 1 fully saturated rings. The minimum atomic E-state index is -3.94. The van der Waals surface area contributed by atoms with Gasteiger partial charge in [-0.05, 0) is 50.6 Å². The van der Waals surface area contributed by atoms with E-state index in [-0.39, 0.29) is 22.9 Å². The Bertz CT molecular complexity index is 676. The average molecular weight is 381 g/mol. The fourth-order valence-electron chi connectivity index (χ4n) is 2.77. The zero-order chi connectivity index (χ0) is 17.0. The highest BCUT2D eigenvalue weighted by Gasteiger charge is 2.32. The molecule has 1 aromatic rings. The van der Waals surface area contributed by atoms with Crippen LogP contribution in [0.15, 0.2) is 23.1 Å². The van der Waals surface area contributed by atoms with Gasteiger partial charge in [-0.15, -0.1) is 12.4 Å². The Hall–Kier alpha value is -1.22. The van der Waals surface area contributed by atoms with E-state index in [4.69, 9.17) is 0 Å². The standard InChI is InChI=1S/C15H21FN2O4S.ClH/c1-17-10-11-5-7-18(8-6-11)23(20,21)14-9-12(16)3-4-13(14)15(19)22-2;/h3-4,9,11,17H,5-8,10H2,1-2H3;1H. The van der Waals surface area contributed by atoms with Crippen LogP contribution in [0, 0.1) is 11.7 Å². The summed E-state index contributed by atoms with van der Waals surface area (Å²) in [4.78, 5) is 11.4. The van der Waals surface area contributed by atoms with Gasteiger partial charge in [0.1, 0.15) is 5.82 Å². The molecule has 2 rings (SSSR count). The van der Waals surface area contributed by atoms with Gasteiger partial charge in [-0.3, -0.25) is 0 Å². The molecule has 136 valence electrons. The number of halogens is 2. The van der Waals surface area contributed by atoms with Gasteiger partial charge in [-0.2, -0.15) is 4.31 Å². The SMILES string of the molecule is CNCC1CCN(S(=O)(=O)c2cc(F)ccc2C(=O)OC)CC1.Cl. The maximum atomic E-state index is 13.5. The summed E-state index contributed by atoms with van der Waals surface area (Å²) in [5, 5.41) is 3.08. The zero-order valence-corrected chi connectivity index (χ0v) is 15.3. The maximum absolute atomic E-state index is 13.5. The van der Waals surface area contributed by atoms with Crippen LogP contribution < -0.4 is 5.32 Å². The van der Waals surface area contributed by atoms with Crippen molar-refractivity contribution < 1.29 is 22.3 Å². The number of methoxy groups -OCH3 is 1. The molecule has 1 saturated heterocycles. The van der Waals surface area contributed by atoms with Crippen molar-refractivity contribution in [3.63, 3.8) is 0 Å². The molecule has 0 aromatic heterocycles. The fourth-order valence-corrected chi connectivity index (χ4v) is 4.43. The number of rotatable bonds is 5. The highest BCUT2D eigenvalue weighted by atomic mass is 35.5. The molecule has 0 aliphatic carbocycles. The molecule has 0 spiro atoms. The predicted octanol–water partition coefficient (Wildman–Crippen LogP) is 1.65. The minimum absolute atomic E-state index is 0. The van der Waals surface area contributed by atoms with E-state index in [9.17, 15) is 17.6 Å². The molecule has 1 heterocycles. The normalized spacial score (nSPS) is 16.5. The van der Waals surface area contributed by atoms with Gasteiger partial charge in [-0.25, -0.2) is 17.6 Å². The second-order valence-corrected chi connectivity index (χ2v) is 7.44. The van der Waals surface area contributed by atoms with Crippen LogP contribution in [-0.4, -0.2) is 52.5 Å². The smallest absolute Gasteiger partial charge is 0.339 e. The lowest BCUT2D eigenvalue weighted by Crippen LogP contribution is -2.40. The van der Waals surface area contributed by atoms with E-state index in [2.05, 4.69) is 10.1 Å². The number of esters is 1. The van der Waals surface area contributed by atoms with Crippen molar-refractivity contribution in [2.24, 2.45) is 5.92 Å². The summed E-state index contributed by atoms with van der Waals surface area (Å²) in [6.07, 6.45) is 1.45. The van der Waals surface area contributed by atoms with E-state index in [0.717, 1.165) is 44.7 Å². The monoisotopic (exact) mass is 380 g/mol. The largest absolute Gasteiger partial charge is 0.465 e. The molecule has 24 heavy (non-hydrogen) atoms. The number of nitrogens with one attached hydrogen (secondary N) is 1. The summed E-state index contributed by atoms with van der Waals surface area (Å²) in [7, 11) is -0.919.